The van der Waals surface area contributed by atoms with Crippen LogP contribution in [0.4, 0.5) is 0 Å². The highest BCUT2D eigenvalue weighted by molar-refractivity contribution is 14.1. The van der Waals surface area contributed by atoms with Crippen LogP contribution in [0.5, 0.6) is 0 Å². The van der Waals surface area contributed by atoms with Gasteiger partial charge < -0.3 is 10.2 Å². The summed E-state index contributed by atoms with van der Waals surface area (Å²) < 4.78 is 1.74. The zero-order valence-corrected chi connectivity index (χ0v) is 11.6. The van der Waals surface area contributed by atoms with Crippen molar-refractivity contribution < 1.29 is 10.2 Å². The molecule has 0 spiro atoms. The predicted octanol–water partition coefficient (Wildman–Crippen LogP) is -0.388. The third-order valence-corrected chi connectivity index (χ3v) is 4.04. The van der Waals surface area contributed by atoms with Crippen LogP contribution in [-0.4, -0.2) is 32.5 Å². The van der Waals surface area contributed by atoms with Gasteiger partial charge in [-0.25, -0.2) is 4.79 Å². The first kappa shape index (κ1) is 13.5. The van der Waals surface area contributed by atoms with Crippen LogP contribution < -0.4 is 11.2 Å². The number of aliphatic hydroxyl groups excluding tert-OH is 2. The second kappa shape index (κ2) is 4.98. The number of hydrogen-bond donors (Lipinski definition) is 3. The van der Waals surface area contributed by atoms with E-state index in [1.54, 1.807) is 0 Å². The quantitative estimate of drug-likeness (QED) is 0.492. The minimum absolute atomic E-state index is 0.161. The fourth-order valence-corrected chi connectivity index (χ4v) is 2.66. The fourth-order valence-electron chi connectivity index (χ4n) is 2.23. The van der Waals surface area contributed by atoms with E-state index in [0.29, 0.717) is 15.6 Å². The summed E-state index contributed by atoms with van der Waals surface area (Å²) in [6.07, 6.45) is 1.05. The normalized spacial score (nSPS) is 27.7. The van der Waals surface area contributed by atoms with Crippen molar-refractivity contribution in [2.24, 2.45) is 5.92 Å². The Labute approximate surface area is 116 Å². The maximum atomic E-state index is 11.7. The highest BCUT2D eigenvalue weighted by Gasteiger charge is 2.37. The molecule has 0 saturated heterocycles. The molecule has 6 nitrogen and oxygen atoms in total. The highest BCUT2D eigenvalue weighted by Crippen LogP contribution is 2.37. The van der Waals surface area contributed by atoms with Gasteiger partial charge in [0.15, 0.2) is 0 Å². The second-order valence-electron chi connectivity index (χ2n) is 4.36. The third kappa shape index (κ3) is 2.17. The molecule has 3 atom stereocenters. The molecule has 1 aromatic heterocycles. The van der Waals surface area contributed by atoms with Crippen LogP contribution in [0, 0.1) is 9.49 Å². The molecule has 3 unspecified atom stereocenters. The third-order valence-electron chi connectivity index (χ3n) is 3.28. The Balaban J connectivity index is 2.45. The van der Waals surface area contributed by atoms with Crippen LogP contribution in [0.2, 0.25) is 0 Å². The first-order chi connectivity index (χ1) is 8.45. The van der Waals surface area contributed by atoms with Crippen LogP contribution >= 0.6 is 22.6 Å². The van der Waals surface area contributed by atoms with Gasteiger partial charge in [0.05, 0.1) is 15.7 Å². The number of aromatic amines is 1. The molecule has 0 amide bonds. The summed E-state index contributed by atoms with van der Waals surface area (Å²) in [4.78, 5) is 25.2. The molecule has 0 aliphatic heterocycles. The number of aliphatic hydroxyl groups is 2. The Morgan fingerprint density at radius 1 is 1.56 bits per heavy atom. The molecule has 3 N–H and O–H groups in total. The summed E-state index contributed by atoms with van der Waals surface area (Å²) in [6.45, 7) is 3.61. The maximum Gasteiger partial charge on any atom is 0.328 e. The van der Waals surface area contributed by atoms with Crippen molar-refractivity contribution in [3.63, 3.8) is 0 Å². The molecule has 98 valence electrons. The largest absolute Gasteiger partial charge is 0.396 e. The Morgan fingerprint density at radius 3 is 2.78 bits per heavy atom. The molecule has 1 fully saturated rings. The van der Waals surface area contributed by atoms with Gasteiger partial charge in [0, 0.05) is 18.7 Å². The van der Waals surface area contributed by atoms with Gasteiger partial charge in [0.1, 0.15) is 0 Å². The van der Waals surface area contributed by atoms with Crippen LogP contribution in [0.1, 0.15) is 12.5 Å². The fraction of sp³-hybridized carbons (Fsp3) is 0.455. The van der Waals surface area contributed by atoms with E-state index in [1.807, 2.05) is 22.6 Å². The second-order valence-corrected chi connectivity index (χ2v) is 5.52. The molecular formula is C11H13IN2O4. The molecule has 1 heterocycles. The smallest absolute Gasteiger partial charge is 0.328 e. The summed E-state index contributed by atoms with van der Waals surface area (Å²) in [7, 11) is 0. The number of aromatic nitrogens is 2. The molecule has 0 aromatic carbocycles. The standard InChI is InChI=1S/C11H13IN2O4/c1-5-8(2-6(4-15)9(5)16)14-3-7(12)10(17)13-11(14)18/h3,6,8-9,15-16H,1-2,4H2,(H,13,17,18). The number of rotatable bonds is 2. The van der Waals surface area contributed by atoms with Crippen molar-refractivity contribution in [3.05, 3.63) is 42.8 Å². The highest BCUT2D eigenvalue weighted by atomic mass is 127. The van der Waals surface area contributed by atoms with E-state index in [4.69, 9.17) is 5.11 Å². The number of hydrogen-bond acceptors (Lipinski definition) is 4. The van der Waals surface area contributed by atoms with E-state index in [-0.39, 0.29) is 12.5 Å². The van der Waals surface area contributed by atoms with E-state index >= 15 is 0 Å². The Morgan fingerprint density at radius 2 is 2.22 bits per heavy atom. The van der Waals surface area contributed by atoms with E-state index in [1.165, 1.54) is 10.8 Å². The molecule has 1 aliphatic carbocycles. The van der Waals surface area contributed by atoms with Gasteiger partial charge in [-0.3, -0.25) is 14.3 Å². The molecule has 7 heteroatoms. The average Bonchev–Trinajstić information content (AvgIpc) is 2.61. The Hall–Kier alpha value is -0.930. The van der Waals surface area contributed by atoms with Crippen molar-refractivity contribution in [2.75, 3.05) is 6.61 Å². The number of halogens is 1. The molecule has 1 aliphatic rings. The lowest BCUT2D eigenvalue weighted by Crippen LogP contribution is -2.33. The summed E-state index contributed by atoms with van der Waals surface area (Å²) in [5, 5.41) is 19.0. The molecule has 1 saturated carbocycles. The van der Waals surface area contributed by atoms with Gasteiger partial charge in [0.25, 0.3) is 5.56 Å². The molecule has 1 aromatic rings. The van der Waals surface area contributed by atoms with E-state index < -0.39 is 23.4 Å². The van der Waals surface area contributed by atoms with E-state index in [2.05, 4.69) is 11.6 Å². The molecule has 18 heavy (non-hydrogen) atoms. The van der Waals surface area contributed by atoms with Gasteiger partial charge in [0.2, 0.25) is 0 Å². The monoisotopic (exact) mass is 364 g/mol. The van der Waals surface area contributed by atoms with Gasteiger partial charge in [-0.05, 0) is 34.6 Å². The summed E-state index contributed by atoms with van der Waals surface area (Å²) >= 11 is 1.83. The van der Waals surface area contributed by atoms with Crippen LogP contribution in [-0.2, 0) is 0 Å². The molecular weight excluding hydrogens is 351 g/mol. The molecule has 2 rings (SSSR count). The first-order valence-corrected chi connectivity index (χ1v) is 6.52. The Kier molecular flexibility index (Phi) is 3.74. The lowest BCUT2D eigenvalue weighted by atomic mass is 10.1. The minimum Gasteiger partial charge on any atom is -0.396 e. The van der Waals surface area contributed by atoms with E-state index in [0.717, 1.165) is 0 Å². The van der Waals surface area contributed by atoms with Crippen LogP contribution in [0.25, 0.3) is 0 Å². The SMILES string of the molecule is C=C1C(O)C(CO)CC1n1cc(I)c(=O)[nH]c1=O. The number of nitrogens with one attached hydrogen (secondary N) is 1. The Bertz CT molecular complexity index is 591. The topological polar surface area (TPSA) is 95.3 Å². The molecule has 0 radical (unpaired) electrons. The summed E-state index contributed by atoms with van der Waals surface area (Å²) in [5.74, 6) is -0.320. The van der Waals surface area contributed by atoms with Crippen molar-refractivity contribution in [3.8, 4) is 0 Å². The molecule has 0 bridgehead atoms. The predicted molar refractivity (Wildman–Crippen MR) is 73.4 cm³/mol. The lowest BCUT2D eigenvalue weighted by molar-refractivity contribution is 0.111. The summed E-state index contributed by atoms with van der Waals surface area (Å²) in [6, 6.07) is -0.394. The van der Waals surface area contributed by atoms with Crippen LogP contribution in [0.15, 0.2) is 27.9 Å². The van der Waals surface area contributed by atoms with Crippen molar-refractivity contribution in [2.45, 2.75) is 18.6 Å². The van der Waals surface area contributed by atoms with Crippen molar-refractivity contribution >= 4 is 22.6 Å². The summed E-state index contributed by atoms with van der Waals surface area (Å²) in [5.41, 5.74) is -0.476. The van der Waals surface area contributed by atoms with Gasteiger partial charge in [-0.15, -0.1) is 0 Å². The lowest BCUT2D eigenvalue weighted by Gasteiger charge is -2.15. The van der Waals surface area contributed by atoms with Crippen molar-refractivity contribution in [1.29, 1.82) is 0 Å². The first-order valence-electron chi connectivity index (χ1n) is 5.44. The zero-order chi connectivity index (χ0) is 13.4. The number of H-pyrrole nitrogens is 1. The number of nitrogens with zero attached hydrogens (tertiary/aromatic N) is 1. The zero-order valence-electron chi connectivity index (χ0n) is 9.47. The van der Waals surface area contributed by atoms with E-state index in [9.17, 15) is 14.7 Å². The maximum absolute atomic E-state index is 11.7. The minimum atomic E-state index is -0.823. The van der Waals surface area contributed by atoms with Gasteiger partial charge >= 0.3 is 5.69 Å². The average molecular weight is 364 g/mol. The van der Waals surface area contributed by atoms with Crippen molar-refractivity contribution in [1.82, 2.24) is 9.55 Å². The van der Waals surface area contributed by atoms with Crippen LogP contribution in [0.3, 0.4) is 0 Å². The van der Waals surface area contributed by atoms with Gasteiger partial charge in [-0.2, -0.15) is 0 Å². The van der Waals surface area contributed by atoms with Gasteiger partial charge in [-0.1, -0.05) is 6.58 Å².